The van der Waals surface area contributed by atoms with Crippen LogP contribution in [0, 0.1) is 0 Å². The van der Waals surface area contributed by atoms with E-state index in [4.69, 9.17) is 4.74 Å². The van der Waals surface area contributed by atoms with E-state index in [0.29, 0.717) is 0 Å². The molecule has 0 saturated carbocycles. The lowest BCUT2D eigenvalue weighted by atomic mass is 10.0. The van der Waals surface area contributed by atoms with Crippen LogP contribution in [0.1, 0.15) is 23.1 Å². The highest BCUT2D eigenvalue weighted by atomic mass is 32.1. The number of hydrogen-bond acceptors (Lipinski definition) is 4. The van der Waals surface area contributed by atoms with Crippen LogP contribution < -0.4 is 4.74 Å². The summed E-state index contributed by atoms with van der Waals surface area (Å²) < 4.78 is 11.9. The summed E-state index contributed by atoms with van der Waals surface area (Å²) >= 11 is 1.45. The van der Waals surface area contributed by atoms with E-state index in [0.717, 1.165) is 23.7 Å². The van der Waals surface area contributed by atoms with Gasteiger partial charge in [-0.25, -0.2) is 9.36 Å². The summed E-state index contributed by atoms with van der Waals surface area (Å²) in [6, 6.07) is 4.51. The number of ether oxygens (including phenoxy) is 1. The normalized spacial score (nSPS) is 13.3. The summed E-state index contributed by atoms with van der Waals surface area (Å²) in [5.74, 6) is 1.93. The molecule has 0 fully saturated rings. The van der Waals surface area contributed by atoms with Crippen molar-refractivity contribution < 1.29 is 4.74 Å². The van der Waals surface area contributed by atoms with Crippen LogP contribution in [0.3, 0.4) is 0 Å². The maximum Gasteiger partial charge on any atom is 0.142 e. The van der Waals surface area contributed by atoms with Gasteiger partial charge in [-0.05, 0) is 48.0 Å². The van der Waals surface area contributed by atoms with Gasteiger partial charge in [-0.2, -0.15) is 0 Å². The van der Waals surface area contributed by atoms with Crippen LogP contribution in [0.5, 0.6) is 5.75 Å². The second-order valence-corrected chi connectivity index (χ2v) is 6.24. The number of aromatic nitrogens is 3. The first-order valence-electron chi connectivity index (χ1n) is 7.44. The van der Waals surface area contributed by atoms with Crippen molar-refractivity contribution in [1.82, 2.24) is 13.9 Å². The van der Waals surface area contributed by atoms with Crippen molar-refractivity contribution in [3.05, 3.63) is 52.8 Å². The molecule has 5 heteroatoms. The Bertz CT molecular complexity index is 792. The summed E-state index contributed by atoms with van der Waals surface area (Å²) in [4.78, 5) is 4.47. The van der Waals surface area contributed by atoms with Crippen LogP contribution in [0.4, 0.5) is 0 Å². The zero-order chi connectivity index (χ0) is 14.9. The number of nitrogens with zero attached hydrogens (tertiary/aromatic N) is 3. The molecule has 0 bridgehead atoms. The molecule has 3 aromatic rings. The van der Waals surface area contributed by atoms with Gasteiger partial charge in [0.05, 0.1) is 19.9 Å². The molecule has 0 spiro atoms. The molecule has 0 atom stereocenters. The number of fused-ring (bicyclic) bond motifs is 1. The number of benzene rings is 1. The number of imidazole rings is 1. The van der Waals surface area contributed by atoms with Crippen LogP contribution in [0.25, 0.3) is 11.4 Å². The Morgan fingerprint density at radius 2 is 2.14 bits per heavy atom. The second kappa shape index (κ2) is 5.57. The molecule has 1 aliphatic carbocycles. The predicted molar refractivity (Wildman–Crippen MR) is 87.5 cm³/mol. The molecular formula is C17H17N3OS. The van der Waals surface area contributed by atoms with Crippen molar-refractivity contribution >= 4 is 11.5 Å². The van der Waals surface area contributed by atoms with E-state index >= 15 is 0 Å². The Morgan fingerprint density at radius 1 is 1.27 bits per heavy atom. The third-order valence-corrected chi connectivity index (χ3v) is 4.83. The first-order valence-corrected chi connectivity index (χ1v) is 8.28. The van der Waals surface area contributed by atoms with Gasteiger partial charge in [0.1, 0.15) is 11.6 Å². The highest BCUT2D eigenvalue weighted by molar-refractivity contribution is 7.03. The summed E-state index contributed by atoms with van der Waals surface area (Å²) in [6.07, 6.45) is 9.31. The van der Waals surface area contributed by atoms with E-state index < -0.39 is 0 Å². The SMILES string of the molecule is COc1cc2c(cc1Cn1ccnc1-c1cnsc1)CCC2. The zero-order valence-corrected chi connectivity index (χ0v) is 13.3. The quantitative estimate of drug-likeness (QED) is 0.740. The Labute approximate surface area is 133 Å². The minimum atomic E-state index is 0.766. The fourth-order valence-electron chi connectivity index (χ4n) is 3.16. The molecule has 1 aliphatic rings. The number of methoxy groups -OCH3 is 1. The molecule has 0 N–H and O–H groups in total. The molecule has 22 heavy (non-hydrogen) atoms. The Balaban J connectivity index is 1.71. The third-order valence-electron chi connectivity index (χ3n) is 4.24. The molecule has 0 aliphatic heterocycles. The van der Waals surface area contributed by atoms with E-state index in [1.807, 2.05) is 24.0 Å². The highest BCUT2D eigenvalue weighted by Gasteiger charge is 2.16. The van der Waals surface area contributed by atoms with Crippen LogP contribution in [0.2, 0.25) is 0 Å². The first kappa shape index (κ1) is 13.5. The van der Waals surface area contributed by atoms with Crippen LogP contribution >= 0.6 is 11.5 Å². The fraction of sp³-hybridized carbons (Fsp3) is 0.294. The molecule has 0 radical (unpaired) electrons. The maximum absolute atomic E-state index is 5.61. The number of aryl methyl sites for hydroxylation is 2. The first-order chi connectivity index (χ1) is 10.8. The summed E-state index contributed by atoms with van der Waals surface area (Å²) in [5, 5.41) is 2.03. The molecule has 4 nitrogen and oxygen atoms in total. The molecule has 0 unspecified atom stereocenters. The van der Waals surface area contributed by atoms with Gasteiger partial charge in [-0.15, -0.1) is 0 Å². The second-order valence-electron chi connectivity index (χ2n) is 5.58. The van der Waals surface area contributed by atoms with Crippen molar-refractivity contribution in [3.63, 3.8) is 0 Å². The smallest absolute Gasteiger partial charge is 0.142 e. The van der Waals surface area contributed by atoms with Crippen LogP contribution in [-0.4, -0.2) is 21.0 Å². The van der Waals surface area contributed by atoms with Gasteiger partial charge in [-0.3, -0.25) is 0 Å². The van der Waals surface area contributed by atoms with E-state index in [1.165, 1.54) is 47.5 Å². The molecular weight excluding hydrogens is 294 g/mol. The summed E-state index contributed by atoms with van der Waals surface area (Å²) in [5.41, 5.74) is 5.18. The van der Waals surface area contributed by atoms with E-state index in [9.17, 15) is 0 Å². The van der Waals surface area contributed by atoms with Gasteiger partial charge in [0.25, 0.3) is 0 Å². The molecule has 4 rings (SSSR count). The molecule has 0 saturated heterocycles. The van der Waals surface area contributed by atoms with Crippen LogP contribution in [0.15, 0.2) is 36.1 Å². The Kier molecular flexibility index (Phi) is 3.42. The van der Waals surface area contributed by atoms with Crippen LogP contribution in [-0.2, 0) is 19.4 Å². The topological polar surface area (TPSA) is 39.9 Å². The lowest BCUT2D eigenvalue weighted by Crippen LogP contribution is -2.04. The largest absolute Gasteiger partial charge is 0.496 e. The minimum absolute atomic E-state index is 0.766. The average Bonchev–Trinajstić information content (AvgIpc) is 3.27. The van der Waals surface area contributed by atoms with Gasteiger partial charge in [0.15, 0.2) is 0 Å². The number of hydrogen-bond donors (Lipinski definition) is 0. The molecule has 112 valence electrons. The van der Waals surface area contributed by atoms with Gasteiger partial charge >= 0.3 is 0 Å². The Hall–Kier alpha value is -2.14. The van der Waals surface area contributed by atoms with Crippen molar-refractivity contribution in [2.45, 2.75) is 25.8 Å². The molecule has 1 aromatic carbocycles. The number of rotatable bonds is 4. The predicted octanol–water partition coefficient (Wildman–Crippen LogP) is 3.55. The van der Waals surface area contributed by atoms with Gasteiger partial charge in [0, 0.05) is 28.9 Å². The summed E-state index contributed by atoms with van der Waals surface area (Å²) in [6.45, 7) is 0.766. The zero-order valence-electron chi connectivity index (χ0n) is 12.5. The Morgan fingerprint density at radius 3 is 2.91 bits per heavy atom. The lowest BCUT2D eigenvalue weighted by molar-refractivity contribution is 0.408. The molecule has 2 aromatic heterocycles. The van der Waals surface area contributed by atoms with E-state index in [-0.39, 0.29) is 0 Å². The fourth-order valence-corrected chi connectivity index (χ4v) is 3.68. The molecule has 0 amide bonds. The van der Waals surface area contributed by atoms with Gasteiger partial charge in [0.2, 0.25) is 0 Å². The van der Waals surface area contributed by atoms with Crippen molar-refractivity contribution in [1.29, 1.82) is 0 Å². The van der Waals surface area contributed by atoms with Crippen molar-refractivity contribution in [2.24, 2.45) is 0 Å². The third kappa shape index (κ3) is 2.31. The lowest BCUT2D eigenvalue weighted by Gasteiger charge is -2.13. The highest BCUT2D eigenvalue weighted by Crippen LogP contribution is 2.31. The van der Waals surface area contributed by atoms with E-state index in [1.54, 1.807) is 7.11 Å². The van der Waals surface area contributed by atoms with Crippen molar-refractivity contribution in [3.8, 4) is 17.1 Å². The van der Waals surface area contributed by atoms with E-state index in [2.05, 4.69) is 26.1 Å². The molecule has 2 heterocycles. The van der Waals surface area contributed by atoms with Gasteiger partial charge < -0.3 is 9.30 Å². The minimum Gasteiger partial charge on any atom is -0.496 e. The standard InChI is InChI=1S/C17H17N3OS/c1-21-16-8-13-4-2-3-12(13)7-14(16)10-20-6-5-18-17(20)15-9-19-22-11-15/h5-9,11H,2-4,10H2,1H3. The van der Waals surface area contributed by atoms with Gasteiger partial charge in [-0.1, -0.05) is 6.07 Å². The maximum atomic E-state index is 5.61. The van der Waals surface area contributed by atoms with Crippen molar-refractivity contribution in [2.75, 3.05) is 7.11 Å². The monoisotopic (exact) mass is 311 g/mol. The average molecular weight is 311 g/mol. The summed E-state index contributed by atoms with van der Waals surface area (Å²) in [7, 11) is 1.75.